The quantitative estimate of drug-likeness (QED) is 0.692. The summed E-state index contributed by atoms with van der Waals surface area (Å²) in [6.45, 7) is 3.26. The zero-order valence-corrected chi connectivity index (χ0v) is 16.3. The zero-order valence-electron chi connectivity index (χ0n) is 15.5. The van der Waals surface area contributed by atoms with E-state index in [-0.39, 0.29) is 0 Å². The molecule has 130 valence electrons. The summed E-state index contributed by atoms with van der Waals surface area (Å²) < 4.78 is 3.82. The van der Waals surface area contributed by atoms with E-state index in [1.165, 1.54) is 57.8 Å². The largest absolute Gasteiger partial charge is 0.381 e. The van der Waals surface area contributed by atoms with Crippen LogP contribution in [0, 0.1) is 5.92 Å². The molecule has 1 aromatic carbocycles. The van der Waals surface area contributed by atoms with Crippen LogP contribution in [-0.2, 0) is 6.54 Å². The molecule has 0 aliphatic heterocycles. The maximum Gasteiger partial charge on any atom is 0.263 e. The fourth-order valence-corrected chi connectivity index (χ4v) is 5.28. The highest BCUT2D eigenvalue weighted by molar-refractivity contribution is 7.18. The van der Waals surface area contributed by atoms with Crippen LogP contribution >= 0.6 is 11.3 Å². The van der Waals surface area contributed by atoms with Crippen molar-refractivity contribution in [2.24, 2.45) is 5.92 Å². The highest BCUT2D eigenvalue weighted by atomic mass is 32.1. The zero-order chi connectivity index (χ0) is 17.4. The number of aryl methyl sites for hydroxylation is 1. The van der Waals surface area contributed by atoms with Gasteiger partial charge in [0.2, 0.25) is 5.52 Å². The van der Waals surface area contributed by atoms with Crippen molar-refractivity contribution in [3.05, 3.63) is 58.3 Å². The number of rotatable bonds is 3. The number of benzene rings is 1. The van der Waals surface area contributed by atoms with E-state index in [9.17, 15) is 0 Å². The Morgan fingerprint density at radius 3 is 2.76 bits per heavy atom. The van der Waals surface area contributed by atoms with Crippen molar-refractivity contribution in [1.29, 1.82) is 0 Å². The van der Waals surface area contributed by atoms with Gasteiger partial charge in [0.05, 0.1) is 0 Å². The van der Waals surface area contributed by atoms with Crippen molar-refractivity contribution < 1.29 is 4.57 Å². The van der Waals surface area contributed by atoms with E-state index >= 15 is 0 Å². The fraction of sp³-hybridized carbons (Fsp3) is 0.409. The fourth-order valence-electron chi connectivity index (χ4n) is 4.08. The lowest BCUT2D eigenvalue weighted by molar-refractivity contribution is -0.665. The Morgan fingerprint density at radius 2 is 1.96 bits per heavy atom. The van der Waals surface area contributed by atoms with E-state index < -0.39 is 0 Å². The molecule has 0 radical (unpaired) electrons. The number of aromatic nitrogens is 1. The minimum Gasteiger partial charge on any atom is -0.381 e. The maximum atomic E-state index is 2.46. The van der Waals surface area contributed by atoms with Gasteiger partial charge in [0, 0.05) is 31.9 Å². The molecule has 0 saturated carbocycles. The van der Waals surface area contributed by atoms with Crippen LogP contribution in [0.15, 0.2) is 53.3 Å². The van der Waals surface area contributed by atoms with Gasteiger partial charge in [-0.05, 0) is 61.8 Å². The summed E-state index contributed by atoms with van der Waals surface area (Å²) in [5.41, 5.74) is 5.85. The third kappa shape index (κ3) is 3.18. The topological polar surface area (TPSA) is 7.12 Å². The number of allylic oxidation sites excluding steroid dienone is 5. The van der Waals surface area contributed by atoms with E-state index in [4.69, 9.17) is 0 Å². The van der Waals surface area contributed by atoms with Gasteiger partial charge in [0.15, 0.2) is 0 Å². The Bertz CT molecular complexity index is 883. The molecule has 1 unspecified atom stereocenters. The maximum absolute atomic E-state index is 2.46. The Morgan fingerprint density at radius 1 is 1.16 bits per heavy atom. The van der Waals surface area contributed by atoms with Crippen molar-refractivity contribution in [2.45, 2.75) is 39.2 Å². The molecule has 0 N–H and O–H groups in total. The highest BCUT2D eigenvalue weighted by Crippen LogP contribution is 2.38. The Balaban J connectivity index is 1.73. The van der Waals surface area contributed by atoms with Gasteiger partial charge in [0.1, 0.15) is 11.2 Å². The van der Waals surface area contributed by atoms with Crippen molar-refractivity contribution in [3.63, 3.8) is 0 Å². The first-order valence-corrected chi connectivity index (χ1v) is 10.2. The normalized spacial score (nSPS) is 21.9. The molecule has 0 amide bonds. The number of hydrogen-bond acceptors (Lipinski definition) is 2. The van der Waals surface area contributed by atoms with E-state index in [2.05, 4.69) is 73.0 Å². The number of fused-ring (bicyclic) bond motifs is 2. The first kappa shape index (κ1) is 16.6. The van der Waals surface area contributed by atoms with E-state index in [0.717, 1.165) is 12.5 Å². The van der Waals surface area contributed by atoms with E-state index in [1.54, 1.807) is 0 Å². The summed E-state index contributed by atoms with van der Waals surface area (Å²) in [7, 11) is 4.32. The van der Waals surface area contributed by atoms with Gasteiger partial charge in [-0.3, -0.25) is 0 Å². The van der Waals surface area contributed by atoms with Crippen LogP contribution in [0.2, 0.25) is 0 Å². The van der Waals surface area contributed by atoms with Crippen LogP contribution in [0.1, 0.15) is 37.6 Å². The smallest absolute Gasteiger partial charge is 0.263 e. The number of hydrogen-bond donors (Lipinski definition) is 0. The summed E-state index contributed by atoms with van der Waals surface area (Å²) >= 11 is 1.91. The van der Waals surface area contributed by atoms with Gasteiger partial charge in [-0.25, -0.2) is 0 Å². The molecule has 2 aliphatic carbocycles. The summed E-state index contributed by atoms with van der Waals surface area (Å²) in [6, 6.07) is 8.75. The lowest BCUT2D eigenvalue weighted by Gasteiger charge is -2.31. The van der Waals surface area contributed by atoms with E-state index in [1.807, 2.05) is 11.3 Å². The second-order valence-electron chi connectivity index (χ2n) is 7.32. The first-order chi connectivity index (χ1) is 12.2. The van der Waals surface area contributed by atoms with E-state index in [0.29, 0.717) is 0 Å². The summed E-state index contributed by atoms with van der Waals surface area (Å²) in [5, 5.41) is 1.38. The van der Waals surface area contributed by atoms with Crippen LogP contribution in [-0.4, -0.2) is 19.0 Å². The first-order valence-electron chi connectivity index (χ1n) is 9.37. The second-order valence-corrected chi connectivity index (χ2v) is 8.38. The molecular weight excluding hydrogens is 324 g/mol. The summed E-state index contributed by atoms with van der Waals surface area (Å²) in [5.74, 6) is 0.765. The molecule has 0 saturated heterocycles. The van der Waals surface area contributed by atoms with Gasteiger partial charge in [0.25, 0.3) is 5.01 Å². The molecule has 4 rings (SSSR count). The molecular formula is C22H27N2S+. The molecule has 1 aromatic heterocycles. The summed E-state index contributed by atoms with van der Waals surface area (Å²) in [4.78, 5) is 2.27. The standard InChI is InChI=1S/C22H27N2S/c1-4-24-20-7-5-6-8-21(20)25-22(24)14-16-9-10-17-11-12-19(23(2)3)15-18(17)13-16/h5-8,13-15,17H,4,9-12H2,1-3H3/q+1. The predicted octanol–water partition coefficient (Wildman–Crippen LogP) is 5.17. The van der Waals surface area contributed by atoms with Crippen molar-refractivity contribution >= 4 is 27.6 Å². The van der Waals surface area contributed by atoms with Crippen LogP contribution in [0.4, 0.5) is 0 Å². The van der Waals surface area contributed by atoms with Gasteiger partial charge < -0.3 is 4.90 Å². The monoisotopic (exact) mass is 351 g/mol. The van der Waals surface area contributed by atoms with Gasteiger partial charge in [-0.15, -0.1) is 0 Å². The molecule has 25 heavy (non-hydrogen) atoms. The molecule has 3 heteroatoms. The molecule has 1 heterocycles. The SMILES string of the molecule is CC[n+]1c(/C=C2/C=C3C=C(N(C)C)CCC3CC2)sc2ccccc21. The van der Waals surface area contributed by atoms with Gasteiger partial charge in [-0.1, -0.05) is 29.5 Å². The number of nitrogens with zero attached hydrogens (tertiary/aromatic N) is 2. The van der Waals surface area contributed by atoms with Crippen molar-refractivity contribution in [1.82, 2.24) is 4.90 Å². The average molecular weight is 352 g/mol. The minimum absolute atomic E-state index is 0.765. The molecule has 0 spiro atoms. The van der Waals surface area contributed by atoms with Crippen LogP contribution in [0.5, 0.6) is 0 Å². The van der Waals surface area contributed by atoms with Crippen molar-refractivity contribution in [2.75, 3.05) is 14.1 Å². The van der Waals surface area contributed by atoms with Gasteiger partial charge in [-0.2, -0.15) is 4.57 Å². The Kier molecular flexibility index (Phi) is 4.51. The number of thiazole rings is 1. The molecule has 2 nitrogen and oxygen atoms in total. The predicted molar refractivity (Wildman–Crippen MR) is 107 cm³/mol. The van der Waals surface area contributed by atoms with Crippen LogP contribution in [0.3, 0.4) is 0 Å². The lowest BCUT2D eigenvalue weighted by atomic mass is 9.78. The molecule has 2 aromatic rings. The number of para-hydroxylation sites is 1. The second kappa shape index (κ2) is 6.80. The highest BCUT2D eigenvalue weighted by Gasteiger charge is 2.24. The minimum atomic E-state index is 0.765. The van der Waals surface area contributed by atoms with Crippen LogP contribution in [0.25, 0.3) is 16.3 Å². The Labute approximate surface area is 154 Å². The average Bonchev–Trinajstić information content (AvgIpc) is 2.98. The van der Waals surface area contributed by atoms with Crippen molar-refractivity contribution in [3.8, 4) is 0 Å². The molecule has 0 bridgehead atoms. The summed E-state index contributed by atoms with van der Waals surface area (Å²) in [6.07, 6.45) is 12.3. The third-order valence-electron chi connectivity index (χ3n) is 5.52. The van der Waals surface area contributed by atoms with Gasteiger partial charge >= 0.3 is 0 Å². The lowest BCUT2D eigenvalue weighted by Crippen LogP contribution is -2.33. The molecule has 0 fully saturated rings. The molecule has 1 atom stereocenters. The Hall–Kier alpha value is -1.87. The molecule has 2 aliphatic rings. The third-order valence-corrected chi connectivity index (χ3v) is 6.64. The van der Waals surface area contributed by atoms with Crippen LogP contribution < -0.4 is 4.57 Å².